The van der Waals surface area contributed by atoms with Crippen LogP contribution in [0.4, 0.5) is 0 Å². The Morgan fingerprint density at radius 3 is 2.62 bits per heavy atom. The van der Waals surface area contributed by atoms with Gasteiger partial charge < -0.3 is 9.67 Å². The van der Waals surface area contributed by atoms with Crippen molar-refractivity contribution in [1.29, 1.82) is 0 Å². The molecule has 130 valence electrons. The number of aliphatic carboxylic acids is 1. The van der Waals surface area contributed by atoms with Gasteiger partial charge >= 0.3 is 5.97 Å². The molecule has 0 spiro atoms. The topological polar surface area (TPSA) is 89.5 Å². The van der Waals surface area contributed by atoms with Gasteiger partial charge in [0, 0.05) is 18.0 Å². The maximum absolute atomic E-state index is 12.7. The minimum Gasteiger partial charge on any atom is -0.480 e. The van der Waals surface area contributed by atoms with Crippen molar-refractivity contribution in [2.24, 2.45) is 0 Å². The number of pyridine rings is 1. The standard InChI is InChI=1S/C19H16N4O3/c1-11-16(13-6-4-3-5-7-13)17-20-10-14-15(23(17)21-11)8-9-22(18(14)24)12(2)19(25)26/h3-10,12H,1-2H3,(H,25,26). The first kappa shape index (κ1) is 16.0. The van der Waals surface area contributed by atoms with Gasteiger partial charge in [-0.2, -0.15) is 5.10 Å². The van der Waals surface area contributed by atoms with Crippen molar-refractivity contribution in [2.45, 2.75) is 19.9 Å². The summed E-state index contributed by atoms with van der Waals surface area (Å²) in [6, 6.07) is 10.6. The van der Waals surface area contributed by atoms with Crippen LogP contribution in [0.1, 0.15) is 18.7 Å². The van der Waals surface area contributed by atoms with E-state index in [-0.39, 0.29) is 0 Å². The van der Waals surface area contributed by atoms with Gasteiger partial charge in [0.25, 0.3) is 5.56 Å². The number of carboxylic acids is 1. The Kier molecular flexibility index (Phi) is 3.57. The molecule has 1 aromatic carbocycles. The van der Waals surface area contributed by atoms with E-state index in [2.05, 4.69) is 10.1 Å². The Morgan fingerprint density at radius 1 is 1.19 bits per heavy atom. The molecule has 1 atom stereocenters. The van der Waals surface area contributed by atoms with E-state index in [1.54, 1.807) is 10.6 Å². The van der Waals surface area contributed by atoms with Crippen molar-refractivity contribution >= 4 is 22.5 Å². The van der Waals surface area contributed by atoms with Crippen molar-refractivity contribution < 1.29 is 9.90 Å². The molecule has 0 bridgehead atoms. The molecular formula is C19H16N4O3. The molecule has 0 radical (unpaired) electrons. The van der Waals surface area contributed by atoms with E-state index in [0.29, 0.717) is 16.6 Å². The van der Waals surface area contributed by atoms with E-state index in [0.717, 1.165) is 16.8 Å². The van der Waals surface area contributed by atoms with Gasteiger partial charge in [0.2, 0.25) is 0 Å². The fourth-order valence-electron chi connectivity index (χ4n) is 3.16. The summed E-state index contributed by atoms with van der Waals surface area (Å²) in [4.78, 5) is 28.4. The lowest BCUT2D eigenvalue weighted by molar-refractivity contribution is -0.140. The van der Waals surface area contributed by atoms with Crippen LogP contribution in [-0.4, -0.2) is 30.2 Å². The van der Waals surface area contributed by atoms with Gasteiger partial charge in [-0.15, -0.1) is 0 Å². The van der Waals surface area contributed by atoms with Crippen LogP contribution in [0.5, 0.6) is 0 Å². The van der Waals surface area contributed by atoms with Crippen LogP contribution in [0.15, 0.2) is 53.6 Å². The number of hydrogen-bond acceptors (Lipinski definition) is 4. The number of aryl methyl sites for hydroxylation is 1. The maximum Gasteiger partial charge on any atom is 0.326 e. The van der Waals surface area contributed by atoms with Gasteiger partial charge in [0.15, 0.2) is 5.65 Å². The van der Waals surface area contributed by atoms with Crippen molar-refractivity contribution in [3.8, 4) is 11.1 Å². The molecule has 0 saturated heterocycles. The zero-order valence-corrected chi connectivity index (χ0v) is 14.2. The van der Waals surface area contributed by atoms with Crippen molar-refractivity contribution in [1.82, 2.24) is 19.2 Å². The largest absolute Gasteiger partial charge is 0.480 e. The molecule has 7 nitrogen and oxygen atoms in total. The molecule has 4 rings (SSSR count). The molecule has 4 aromatic rings. The monoisotopic (exact) mass is 348 g/mol. The maximum atomic E-state index is 12.7. The highest BCUT2D eigenvalue weighted by molar-refractivity contribution is 5.86. The van der Waals surface area contributed by atoms with E-state index in [1.165, 1.54) is 23.9 Å². The summed E-state index contributed by atoms with van der Waals surface area (Å²) >= 11 is 0. The van der Waals surface area contributed by atoms with Crippen LogP contribution in [0.25, 0.3) is 27.7 Å². The zero-order valence-electron chi connectivity index (χ0n) is 14.2. The molecule has 26 heavy (non-hydrogen) atoms. The van der Waals surface area contributed by atoms with Gasteiger partial charge in [0.05, 0.1) is 16.6 Å². The minimum atomic E-state index is -1.07. The van der Waals surface area contributed by atoms with Crippen LogP contribution in [0, 0.1) is 6.92 Å². The fraction of sp³-hybridized carbons (Fsp3) is 0.158. The average molecular weight is 348 g/mol. The van der Waals surface area contributed by atoms with Crippen molar-refractivity contribution in [2.75, 3.05) is 0 Å². The molecule has 0 aliphatic rings. The predicted octanol–water partition coefficient (Wildman–Crippen LogP) is 2.67. The smallest absolute Gasteiger partial charge is 0.326 e. The zero-order chi connectivity index (χ0) is 18.4. The van der Waals surface area contributed by atoms with E-state index < -0.39 is 17.6 Å². The Bertz CT molecular complexity index is 1210. The van der Waals surface area contributed by atoms with Crippen molar-refractivity contribution in [3.05, 3.63) is 64.8 Å². The molecule has 7 heteroatoms. The summed E-state index contributed by atoms with van der Waals surface area (Å²) in [6.45, 7) is 3.36. The van der Waals surface area contributed by atoms with Gasteiger partial charge in [-0.1, -0.05) is 30.3 Å². The summed E-state index contributed by atoms with van der Waals surface area (Å²) in [5.41, 5.74) is 3.57. The highest BCUT2D eigenvalue weighted by Gasteiger charge is 2.19. The normalized spacial score (nSPS) is 12.5. The second-order valence-electron chi connectivity index (χ2n) is 6.16. The fourth-order valence-corrected chi connectivity index (χ4v) is 3.16. The lowest BCUT2D eigenvalue weighted by Gasteiger charge is -2.11. The number of carbonyl (C=O) groups is 1. The number of rotatable bonds is 3. The third kappa shape index (κ3) is 2.28. The van der Waals surface area contributed by atoms with Crippen LogP contribution < -0.4 is 5.56 Å². The summed E-state index contributed by atoms with van der Waals surface area (Å²) in [6.07, 6.45) is 2.98. The number of benzene rings is 1. The number of hydrogen-bond donors (Lipinski definition) is 1. The van der Waals surface area contributed by atoms with Crippen LogP contribution in [0.2, 0.25) is 0 Å². The molecular weight excluding hydrogens is 332 g/mol. The molecule has 1 unspecified atom stereocenters. The first-order valence-corrected chi connectivity index (χ1v) is 8.16. The lowest BCUT2D eigenvalue weighted by atomic mass is 10.1. The third-order valence-corrected chi connectivity index (χ3v) is 4.55. The van der Waals surface area contributed by atoms with Gasteiger partial charge in [-0.05, 0) is 25.5 Å². The quantitative estimate of drug-likeness (QED) is 0.615. The Hall–Kier alpha value is -3.48. The van der Waals surface area contributed by atoms with E-state index in [4.69, 9.17) is 0 Å². The van der Waals surface area contributed by atoms with Gasteiger partial charge in [-0.3, -0.25) is 4.79 Å². The van der Waals surface area contributed by atoms with Gasteiger partial charge in [0.1, 0.15) is 6.04 Å². The molecule has 0 amide bonds. The number of aromatic nitrogens is 4. The second-order valence-corrected chi connectivity index (χ2v) is 6.16. The number of fused-ring (bicyclic) bond motifs is 3. The van der Waals surface area contributed by atoms with E-state index >= 15 is 0 Å². The molecule has 0 fully saturated rings. The SMILES string of the molecule is Cc1nn2c(ncc3c(=O)n(C(C)C(=O)O)ccc32)c1-c1ccccc1. The molecule has 3 aromatic heterocycles. The summed E-state index contributed by atoms with van der Waals surface area (Å²) in [7, 11) is 0. The van der Waals surface area contributed by atoms with E-state index in [1.807, 2.05) is 37.3 Å². The summed E-state index contributed by atoms with van der Waals surface area (Å²) < 4.78 is 2.83. The van der Waals surface area contributed by atoms with Crippen LogP contribution in [-0.2, 0) is 4.79 Å². The predicted molar refractivity (Wildman–Crippen MR) is 97.3 cm³/mol. The average Bonchev–Trinajstić information content (AvgIpc) is 2.98. The van der Waals surface area contributed by atoms with Crippen molar-refractivity contribution in [3.63, 3.8) is 0 Å². The summed E-state index contributed by atoms with van der Waals surface area (Å²) in [5.74, 6) is -1.07. The van der Waals surface area contributed by atoms with Gasteiger partial charge in [-0.25, -0.2) is 14.3 Å². The second kappa shape index (κ2) is 5.80. The third-order valence-electron chi connectivity index (χ3n) is 4.55. The first-order chi connectivity index (χ1) is 12.5. The Labute approximate surface area is 148 Å². The lowest BCUT2D eigenvalue weighted by Crippen LogP contribution is -2.28. The highest BCUT2D eigenvalue weighted by atomic mass is 16.4. The van der Waals surface area contributed by atoms with Crippen LogP contribution >= 0.6 is 0 Å². The van der Waals surface area contributed by atoms with E-state index in [9.17, 15) is 14.7 Å². The molecule has 1 N–H and O–H groups in total. The minimum absolute atomic E-state index is 0.329. The highest BCUT2D eigenvalue weighted by Crippen LogP contribution is 2.28. The summed E-state index contributed by atoms with van der Waals surface area (Å²) in [5, 5.41) is 14.1. The molecule has 0 saturated carbocycles. The first-order valence-electron chi connectivity index (χ1n) is 8.16. The molecule has 3 heterocycles. The molecule has 0 aliphatic heterocycles. The Morgan fingerprint density at radius 2 is 1.92 bits per heavy atom. The Balaban J connectivity index is 2.02. The number of carboxylic acid groups (broad SMARTS) is 1. The number of nitrogens with zero attached hydrogens (tertiary/aromatic N) is 4. The molecule has 0 aliphatic carbocycles. The van der Waals surface area contributed by atoms with Crippen LogP contribution in [0.3, 0.4) is 0 Å².